The van der Waals surface area contributed by atoms with Gasteiger partial charge in [0.15, 0.2) is 0 Å². The molecule has 0 aliphatic carbocycles. The molecule has 0 atom stereocenters. The molecule has 1 heterocycles. The van der Waals surface area contributed by atoms with E-state index in [2.05, 4.69) is 6.08 Å². The summed E-state index contributed by atoms with van der Waals surface area (Å²) in [5, 5.41) is 0. The standard InChI is InChI=1S/C23H19NO2S/c1-26-17-13-11-16(12-14-17)15-21-18-7-3-4-8-19(18)23(25)24(21)20-9-5-6-10-22(20)27-2/h3-15H,1-2H3. The van der Waals surface area contributed by atoms with Gasteiger partial charge in [-0.05, 0) is 48.2 Å². The molecule has 4 rings (SSSR count). The highest BCUT2D eigenvalue weighted by Crippen LogP contribution is 2.41. The quantitative estimate of drug-likeness (QED) is 0.560. The summed E-state index contributed by atoms with van der Waals surface area (Å²) < 4.78 is 5.25. The van der Waals surface area contributed by atoms with E-state index in [1.807, 2.05) is 84.0 Å². The van der Waals surface area contributed by atoms with Crippen LogP contribution in [0.1, 0.15) is 21.5 Å². The predicted molar refractivity (Wildman–Crippen MR) is 112 cm³/mol. The molecule has 3 nitrogen and oxygen atoms in total. The van der Waals surface area contributed by atoms with Crippen molar-refractivity contribution in [2.75, 3.05) is 18.3 Å². The van der Waals surface area contributed by atoms with E-state index in [4.69, 9.17) is 4.74 Å². The van der Waals surface area contributed by atoms with Gasteiger partial charge >= 0.3 is 0 Å². The number of carbonyl (C=O) groups is 1. The van der Waals surface area contributed by atoms with Crippen molar-refractivity contribution in [3.05, 3.63) is 89.5 Å². The van der Waals surface area contributed by atoms with Crippen molar-refractivity contribution in [3.8, 4) is 5.75 Å². The first kappa shape index (κ1) is 17.4. The molecule has 0 fully saturated rings. The molecule has 0 saturated carbocycles. The van der Waals surface area contributed by atoms with Gasteiger partial charge in [-0.15, -0.1) is 11.8 Å². The molecule has 0 spiro atoms. The molecule has 1 amide bonds. The van der Waals surface area contributed by atoms with Crippen LogP contribution in [-0.2, 0) is 0 Å². The van der Waals surface area contributed by atoms with Gasteiger partial charge in [-0.2, -0.15) is 0 Å². The summed E-state index contributed by atoms with van der Waals surface area (Å²) in [6.07, 6.45) is 4.08. The second-order valence-electron chi connectivity index (χ2n) is 6.16. The minimum Gasteiger partial charge on any atom is -0.497 e. The maximum atomic E-state index is 13.2. The van der Waals surface area contributed by atoms with Crippen molar-refractivity contribution >= 4 is 35.1 Å². The monoisotopic (exact) mass is 373 g/mol. The molecule has 0 radical (unpaired) electrons. The molecule has 134 valence electrons. The van der Waals surface area contributed by atoms with Gasteiger partial charge in [-0.1, -0.05) is 42.5 Å². The zero-order chi connectivity index (χ0) is 18.8. The number of thioether (sulfide) groups is 1. The highest BCUT2D eigenvalue weighted by molar-refractivity contribution is 7.98. The number of para-hydroxylation sites is 1. The van der Waals surface area contributed by atoms with E-state index < -0.39 is 0 Å². The minimum absolute atomic E-state index is 0.00635. The lowest BCUT2D eigenvalue weighted by Crippen LogP contribution is -2.22. The smallest absolute Gasteiger partial charge is 0.263 e. The van der Waals surface area contributed by atoms with Crippen molar-refractivity contribution in [2.45, 2.75) is 4.90 Å². The molecule has 3 aromatic carbocycles. The van der Waals surface area contributed by atoms with Crippen LogP contribution in [0.3, 0.4) is 0 Å². The molecule has 0 N–H and O–H groups in total. The van der Waals surface area contributed by atoms with E-state index >= 15 is 0 Å². The predicted octanol–water partition coefficient (Wildman–Crippen LogP) is 5.58. The lowest BCUT2D eigenvalue weighted by Gasteiger charge is -2.21. The van der Waals surface area contributed by atoms with Crippen molar-refractivity contribution in [1.29, 1.82) is 0 Å². The molecular formula is C23H19NO2S. The molecule has 0 saturated heterocycles. The average Bonchev–Trinajstić information content (AvgIpc) is 3.00. The van der Waals surface area contributed by atoms with Crippen molar-refractivity contribution in [2.24, 2.45) is 0 Å². The Morgan fingerprint density at radius 1 is 0.889 bits per heavy atom. The Morgan fingerprint density at radius 3 is 2.26 bits per heavy atom. The summed E-state index contributed by atoms with van der Waals surface area (Å²) in [5.74, 6) is 0.816. The number of anilines is 1. The second kappa shape index (κ2) is 7.33. The van der Waals surface area contributed by atoms with Crippen LogP contribution >= 0.6 is 11.8 Å². The maximum absolute atomic E-state index is 13.2. The number of benzene rings is 3. The third-order valence-corrected chi connectivity index (χ3v) is 5.41. The van der Waals surface area contributed by atoms with E-state index in [0.717, 1.165) is 38.7 Å². The summed E-state index contributed by atoms with van der Waals surface area (Å²) in [7, 11) is 1.65. The van der Waals surface area contributed by atoms with Crippen LogP contribution in [0, 0.1) is 0 Å². The topological polar surface area (TPSA) is 29.5 Å². The zero-order valence-corrected chi connectivity index (χ0v) is 16.0. The van der Waals surface area contributed by atoms with Crippen LogP contribution in [0.5, 0.6) is 5.75 Å². The van der Waals surface area contributed by atoms with Crippen LogP contribution in [0.15, 0.2) is 77.7 Å². The van der Waals surface area contributed by atoms with Gasteiger partial charge < -0.3 is 4.74 Å². The lowest BCUT2D eigenvalue weighted by atomic mass is 10.1. The number of methoxy groups -OCH3 is 1. The van der Waals surface area contributed by atoms with Gasteiger partial charge in [0, 0.05) is 16.0 Å². The number of carbonyl (C=O) groups excluding carboxylic acids is 1. The van der Waals surface area contributed by atoms with Gasteiger partial charge in [-0.3, -0.25) is 9.69 Å². The number of hydrogen-bond donors (Lipinski definition) is 0. The molecule has 1 aliphatic rings. The Labute approximate surface area is 163 Å². The first-order valence-corrected chi connectivity index (χ1v) is 9.88. The average molecular weight is 373 g/mol. The second-order valence-corrected chi connectivity index (χ2v) is 7.01. The number of hydrogen-bond acceptors (Lipinski definition) is 3. The molecule has 0 unspecified atom stereocenters. The van der Waals surface area contributed by atoms with E-state index in [1.165, 1.54) is 0 Å². The van der Waals surface area contributed by atoms with Crippen molar-refractivity contribution < 1.29 is 9.53 Å². The highest BCUT2D eigenvalue weighted by Gasteiger charge is 2.34. The number of amides is 1. The third kappa shape index (κ3) is 3.13. The van der Waals surface area contributed by atoms with Crippen LogP contribution in [0.2, 0.25) is 0 Å². The fourth-order valence-electron chi connectivity index (χ4n) is 3.30. The largest absolute Gasteiger partial charge is 0.497 e. The third-order valence-electron chi connectivity index (χ3n) is 4.62. The zero-order valence-electron chi connectivity index (χ0n) is 15.2. The minimum atomic E-state index is 0.00635. The Bertz CT molecular complexity index is 1020. The molecule has 4 heteroatoms. The fourth-order valence-corrected chi connectivity index (χ4v) is 3.88. The Balaban J connectivity index is 1.88. The number of ether oxygens (including phenoxy) is 1. The SMILES string of the molecule is COc1ccc(C=C2c3ccccc3C(=O)N2c2ccccc2SC)cc1. The molecule has 0 bridgehead atoms. The van der Waals surface area contributed by atoms with E-state index in [-0.39, 0.29) is 5.91 Å². The Morgan fingerprint density at radius 2 is 1.56 bits per heavy atom. The molecule has 27 heavy (non-hydrogen) atoms. The van der Waals surface area contributed by atoms with Crippen LogP contribution < -0.4 is 9.64 Å². The number of nitrogens with zero attached hydrogens (tertiary/aromatic N) is 1. The number of rotatable bonds is 4. The summed E-state index contributed by atoms with van der Waals surface area (Å²) in [6.45, 7) is 0. The molecular weight excluding hydrogens is 354 g/mol. The molecule has 1 aliphatic heterocycles. The van der Waals surface area contributed by atoms with Crippen LogP contribution in [-0.4, -0.2) is 19.3 Å². The van der Waals surface area contributed by atoms with Gasteiger partial charge in [-0.25, -0.2) is 0 Å². The molecule has 0 aromatic heterocycles. The summed E-state index contributed by atoms with van der Waals surface area (Å²) in [6, 6.07) is 23.6. The van der Waals surface area contributed by atoms with Gasteiger partial charge in [0.05, 0.1) is 18.5 Å². The van der Waals surface area contributed by atoms with Crippen molar-refractivity contribution in [3.63, 3.8) is 0 Å². The lowest BCUT2D eigenvalue weighted by molar-refractivity contribution is 0.101. The summed E-state index contributed by atoms with van der Waals surface area (Å²) in [4.78, 5) is 16.1. The van der Waals surface area contributed by atoms with Gasteiger partial charge in [0.1, 0.15) is 5.75 Å². The maximum Gasteiger partial charge on any atom is 0.263 e. The van der Waals surface area contributed by atoms with E-state index in [0.29, 0.717) is 0 Å². The van der Waals surface area contributed by atoms with Gasteiger partial charge in [0.2, 0.25) is 0 Å². The van der Waals surface area contributed by atoms with Crippen molar-refractivity contribution in [1.82, 2.24) is 0 Å². The Hall–Kier alpha value is -2.98. The Kier molecular flexibility index (Phi) is 4.73. The fraction of sp³-hybridized carbons (Fsp3) is 0.0870. The highest BCUT2D eigenvalue weighted by atomic mass is 32.2. The first-order valence-electron chi connectivity index (χ1n) is 8.65. The van der Waals surface area contributed by atoms with E-state index in [9.17, 15) is 4.79 Å². The van der Waals surface area contributed by atoms with Gasteiger partial charge in [0.25, 0.3) is 5.91 Å². The normalized spacial score (nSPS) is 14.5. The number of fused-ring (bicyclic) bond motifs is 1. The molecule has 3 aromatic rings. The first-order chi connectivity index (χ1) is 13.2. The summed E-state index contributed by atoms with van der Waals surface area (Å²) >= 11 is 1.64. The van der Waals surface area contributed by atoms with E-state index in [1.54, 1.807) is 18.9 Å². The summed E-state index contributed by atoms with van der Waals surface area (Å²) in [5.41, 5.74) is 4.50. The van der Waals surface area contributed by atoms with Crippen LogP contribution in [0.4, 0.5) is 5.69 Å². The van der Waals surface area contributed by atoms with Crippen LogP contribution in [0.25, 0.3) is 11.8 Å².